The van der Waals surface area contributed by atoms with Crippen molar-refractivity contribution in [1.82, 2.24) is 25.1 Å². The number of imidazole rings is 1. The van der Waals surface area contributed by atoms with Gasteiger partial charge >= 0.3 is 12.2 Å². The predicted octanol–water partition coefficient (Wildman–Crippen LogP) is 6.69. The first-order chi connectivity index (χ1) is 20.8. The number of benzene rings is 1. The van der Waals surface area contributed by atoms with Gasteiger partial charge in [0.15, 0.2) is 0 Å². The Bertz CT molecular complexity index is 1300. The van der Waals surface area contributed by atoms with Gasteiger partial charge in [-0.2, -0.15) is 0 Å². The maximum atomic E-state index is 12.7. The van der Waals surface area contributed by atoms with E-state index in [-0.39, 0.29) is 24.4 Å². The summed E-state index contributed by atoms with van der Waals surface area (Å²) < 4.78 is 11.2. The second kappa shape index (κ2) is 14.3. The quantitative estimate of drug-likeness (QED) is 0.292. The van der Waals surface area contributed by atoms with E-state index in [2.05, 4.69) is 51.3 Å². The van der Waals surface area contributed by atoms with E-state index < -0.39 is 11.2 Å². The second-order valence-electron chi connectivity index (χ2n) is 13.7. The Kier molecular flexibility index (Phi) is 10.8. The molecule has 1 aromatic heterocycles. The van der Waals surface area contributed by atoms with Crippen LogP contribution in [0.4, 0.5) is 9.59 Å². The van der Waals surface area contributed by atoms with Crippen LogP contribution in [0.25, 0.3) is 0 Å². The third kappa shape index (κ3) is 9.59. The van der Waals surface area contributed by atoms with E-state index >= 15 is 0 Å². The van der Waals surface area contributed by atoms with Gasteiger partial charge in [-0.1, -0.05) is 24.3 Å². The van der Waals surface area contributed by atoms with E-state index in [0.29, 0.717) is 13.1 Å². The van der Waals surface area contributed by atoms with Crippen LogP contribution in [0.15, 0.2) is 47.4 Å². The summed E-state index contributed by atoms with van der Waals surface area (Å²) in [7, 11) is 0. The number of nitrogens with one attached hydrogen (secondary N) is 2. The van der Waals surface area contributed by atoms with Crippen LogP contribution < -0.4 is 5.32 Å². The van der Waals surface area contributed by atoms with Gasteiger partial charge in [0.1, 0.15) is 23.2 Å². The largest absolute Gasteiger partial charge is 0.444 e. The monoisotopic (exact) mass is 606 g/mol. The van der Waals surface area contributed by atoms with Gasteiger partial charge in [0.2, 0.25) is 0 Å². The molecule has 0 radical (unpaired) electrons. The molecule has 0 spiro atoms. The molecule has 240 valence electrons. The molecule has 0 saturated carbocycles. The van der Waals surface area contributed by atoms with Crippen molar-refractivity contribution in [3.63, 3.8) is 0 Å². The number of aromatic amines is 1. The lowest BCUT2D eigenvalue weighted by Gasteiger charge is -2.28. The summed E-state index contributed by atoms with van der Waals surface area (Å²) in [4.78, 5) is 41.1. The number of aryl methyl sites for hydroxylation is 3. The minimum absolute atomic E-state index is 0.0702. The van der Waals surface area contributed by atoms with Crippen molar-refractivity contribution < 1.29 is 19.1 Å². The number of hydrogen-bond donors (Lipinski definition) is 2. The maximum Gasteiger partial charge on any atom is 0.411 e. The lowest BCUT2D eigenvalue weighted by Crippen LogP contribution is -2.45. The molecular weight excluding hydrogens is 556 g/mol. The number of aromatic nitrogens is 2. The molecular formula is C34H50N6O4. The van der Waals surface area contributed by atoms with Crippen molar-refractivity contribution >= 4 is 18.9 Å². The van der Waals surface area contributed by atoms with Crippen molar-refractivity contribution in [2.75, 3.05) is 13.1 Å². The third-order valence-electron chi connectivity index (χ3n) is 7.75. The molecule has 0 aliphatic carbocycles. The van der Waals surface area contributed by atoms with Gasteiger partial charge in [-0.25, -0.2) is 14.6 Å². The lowest BCUT2D eigenvalue weighted by atomic mass is 10.0. The normalized spacial score (nSPS) is 19.3. The lowest BCUT2D eigenvalue weighted by molar-refractivity contribution is 0.0203. The summed E-state index contributed by atoms with van der Waals surface area (Å²) in [5, 5.41) is 3.36. The number of aliphatic imine (C=N–C) groups is 1. The number of hydrogen-bond acceptors (Lipinski definition) is 7. The Labute approximate surface area is 262 Å². The highest BCUT2D eigenvalue weighted by Crippen LogP contribution is 2.31. The molecule has 10 nitrogen and oxygen atoms in total. The van der Waals surface area contributed by atoms with E-state index in [0.717, 1.165) is 68.6 Å². The number of carbonyl (C=O) groups is 2. The standard InChI is InChI=1S/C34H50N6O4/c1-33(2,3)43-31(41)39-20-8-10-28(39)30-37-23-27(38-30)19-17-25-14-12-24(13-15-25)16-18-26(35-7)22-36-29-11-9-21-40(29)32(42)44-34(4,5)6/h12-15,22-23,28-29,36H,7-11,16-21H2,1-6H3,(H,37,38)/b26-22-/t28-,29?/m0/s1. The molecule has 2 amide bonds. The Morgan fingerprint density at radius 3 is 2.18 bits per heavy atom. The fourth-order valence-electron chi connectivity index (χ4n) is 5.56. The number of allylic oxidation sites excluding steroid dienone is 1. The summed E-state index contributed by atoms with van der Waals surface area (Å²) in [5.74, 6) is 0.832. The van der Waals surface area contributed by atoms with Crippen molar-refractivity contribution in [2.24, 2.45) is 4.99 Å². The molecule has 1 unspecified atom stereocenters. The van der Waals surface area contributed by atoms with Crippen molar-refractivity contribution in [2.45, 2.75) is 116 Å². The van der Waals surface area contributed by atoms with Gasteiger partial charge in [-0.15, -0.1) is 0 Å². The topological polar surface area (TPSA) is 112 Å². The van der Waals surface area contributed by atoms with Gasteiger partial charge < -0.3 is 19.8 Å². The van der Waals surface area contributed by atoms with Crippen molar-refractivity contribution in [3.05, 3.63) is 65.0 Å². The summed E-state index contributed by atoms with van der Waals surface area (Å²) in [5.41, 5.74) is 3.36. The summed E-state index contributed by atoms with van der Waals surface area (Å²) in [6.07, 6.45) is 10.0. The SMILES string of the molecule is C=N/C(=C\NC1CCCN1C(=O)OC(C)(C)C)CCc1ccc(CCc2cnc([C@@H]3CCCN3C(=O)OC(C)(C)C)[nH]2)cc1. The van der Waals surface area contributed by atoms with Crippen LogP contribution in [0.3, 0.4) is 0 Å². The van der Waals surface area contributed by atoms with E-state index in [4.69, 9.17) is 9.47 Å². The molecule has 2 fully saturated rings. The van der Waals surface area contributed by atoms with Crippen LogP contribution in [-0.4, -0.2) is 69.1 Å². The summed E-state index contributed by atoms with van der Waals surface area (Å²) >= 11 is 0. The average molecular weight is 607 g/mol. The van der Waals surface area contributed by atoms with Gasteiger partial charge in [0, 0.05) is 31.2 Å². The molecule has 2 aliphatic heterocycles. The number of likely N-dealkylation sites (tertiary alicyclic amines) is 2. The molecule has 2 saturated heterocycles. The highest BCUT2D eigenvalue weighted by molar-refractivity contribution is 5.69. The fraction of sp³-hybridized carbons (Fsp3) is 0.588. The van der Waals surface area contributed by atoms with Gasteiger partial charge in [0.25, 0.3) is 0 Å². The minimum atomic E-state index is -0.520. The Morgan fingerprint density at radius 2 is 1.55 bits per heavy atom. The number of rotatable bonds is 10. The van der Waals surface area contributed by atoms with Crippen LogP contribution in [0.1, 0.15) is 102 Å². The molecule has 10 heteroatoms. The first-order valence-corrected chi connectivity index (χ1v) is 15.8. The highest BCUT2D eigenvalue weighted by Gasteiger charge is 2.35. The number of nitrogens with zero attached hydrogens (tertiary/aromatic N) is 4. The summed E-state index contributed by atoms with van der Waals surface area (Å²) in [6, 6.07) is 8.61. The number of carbonyl (C=O) groups excluding carboxylic acids is 2. The number of ether oxygens (including phenoxy) is 2. The molecule has 2 atom stereocenters. The van der Waals surface area contributed by atoms with Crippen LogP contribution in [0.5, 0.6) is 0 Å². The van der Waals surface area contributed by atoms with E-state index in [1.54, 1.807) is 9.80 Å². The van der Waals surface area contributed by atoms with Crippen molar-refractivity contribution in [3.8, 4) is 0 Å². The van der Waals surface area contributed by atoms with Crippen LogP contribution >= 0.6 is 0 Å². The van der Waals surface area contributed by atoms with Gasteiger partial charge in [-0.05, 0) is 111 Å². The van der Waals surface area contributed by atoms with Crippen LogP contribution in [-0.2, 0) is 28.7 Å². The zero-order valence-electron chi connectivity index (χ0n) is 27.3. The first kappa shape index (κ1) is 33.1. The van der Waals surface area contributed by atoms with E-state index in [1.165, 1.54) is 11.1 Å². The zero-order valence-corrected chi connectivity index (χ0v) is 27.3. The molecule has 2 aromatic rings. The second-order valence-corrected chi connectivity index (χ2v) is 13.7. The highest BCUT2D eigenvalue weighted by atomic mass is 16.6. The Morgan fingerprint density at radius 1 is 0.955 bits per heavy atom. The molecule has 1 aromatic carbocycles. The minimum Gasteiger partial charge on any atom is -0.444 e. The number of H-pyrrole nitrogens is 1. The smallest absolute Gasteiger partial charge is 0.411 e. The van der Waals surface area contributed by atoms with Crippen LogP contribution in [0, 0.1) is 0 Å². The first-order valence-electron chi connectivity index (χ1n) is 15.8. The van der Waals surface area contributed by atoms with E-state index in [9.17, 15) is 9.59 Å². The molecule has 44 heavy (non-hydrogen) atoms. The van der Waals surface area contributed by atoms with Crippen LogP contribution in [0.2, 0.25) is 0 Å². The molecule has 4 rings (SSSR count). The molecule has 3 heterocycles. The van der Waals surface area contributed by atoms with Gasteiger partial charge in [0.05, 0.1) is 11.7 Å². The molecule has 2 aliphatic rings. The van der Waals surface area contributed by atoms with E-state index in [1.807, 2.05) is 53.9 Å². The molecule has 0 bridgehead atoms. The average Bonchev–Trinajstić information content (AvgIpc) is 3.71. The maximum absolute atomic E-state index is 12.7. The van der Waals surface area contributed by atoms with Crippen molar-refractivity contribution in [1.29, 1.82) is 0 Å². The number of amides is 2. The predicted molar refractivity (Wildman–Crippen MR) is 172 cm³/mol. The Balaban J connectivity index is 1.24. The summed E-state index contributed by atoms with van der Waals surface area (Å²) in [6.45, 7) is 16.4. The Hall–Kier alpha value is -3.82. The molecule has 2 N–H and O–H groups in total. The third-order valence-corrected chi connectivity index (χ3v) is 7.75. The fourth-order valence-corrected chi connectivity index (χ4v) is 5.56. The zero-order chi connectivity index (χ0) is 31.9. The van der Waals surface area contributed by atoms with Gasteiger partial charge in [-0.3, -0.25) is 14.8 Å².